The largest absolute Gasteiger partial charge is 0.497 e. The van der Waals surface area contributed by atoms with E-state index in [4.69, 9.17) is 14.3 Å². The van der Waals surface area contributed by atoms with E-state index in [0.29, 0.717) is 17.2 Å². The Morgan fingerprint density at radius 3 is 2.38 bits per heavy atom. The first-order valence-electron chi connectivity index (χ1n) is 7.88. The van der Waals surface area contributed by atoms with Crippen LogP contribution in [0.5, 0.6) is 17.2 Å². The lowest BCUT2D eigenvalue weighted by Gasteiger charge is -2.11. The number of hydrogen-bond donors (Lipinski definition) is 1. The van der Waals surface area contributed by atoms with Crippen LogP contribution in [-0.4, -0.2) is 7.11 Å². The second kappa shape index (κ2) is 8.20. The topological polar surface area (TPSA) is 39.7 Å². The van der Waals surface area contributed by atoms with Gasteiger partial charge in [0.25, 0.3) is 0 Å². The monoisotopic (exact) mass is 357 g/mol. The van der Waals surface area contributed by atoms with Crippen LogP contribution >= 0.6 is 0 Å². The molecule has 1 N–H and O–H groups in total. The molecule has 0 heterocycles. The van der Waals surface area contributed by atoms with Crippen LogP contribution in [0, 0.1) is 11.6 Å². The lowest BCUT2D eigenvalue weighted by molar-refractivity contribution is 0.298. The maximum atomic E-state index is 13.6. The van der Waals surface area contributed by atoms with Crippen molar-refractivity contribution in [2.75, 3.05) is 12.6 Å². The van der Waals surface area contributed by atoms with Gasteiger partial charge in [-0.05, 0) is 54.6 Å². The Morgan fingerprint density at radius 1 is 0.846 bits per heavy atom. The molecule has 26 heavy (non-hydrogen) atoms. The molecule has 3 rings (SSSR count). The summed E-state index contributed by atoms with van der Waals surface area (Å²) in [5.41, 5.74) is 3.71. The number of hydrogen-bond acceptors (Lipinski definition) is 4. The van der Waals surface area contributed by atoms with Gasteiger partial charge in [-0.1, -0.05) is 6.07 Å². The molecule has 0 spiro atoms. The fourth-order valence-corrected chi connectivity index (χ4v) is 2.22. The summed E-state index contributed by atoms with van der Waals surface area (Å²) in [7, 11) is 1.59. The van der Waals surface area contributed by atoms with Crippen LogP contribution in [0.4, 0.5) is 14.5 Å². The summed E-state index contributed by atoms with van der Waals surface area (Å²) in [6, 6.07) is 17.3. The smallest absolute Gasteiger partial charge is 0.155 e. The maximum Gasteiger partial charge on any atom is 0.155 e. The molecule has 0 bridgehead atoms. The lowest BCUT2D eigenvalue weighted by Crippen LogP contribution is -2.04. The van der Waals surface area contributed by atoms with Crippen molar-refractivity contribution < 1.29 is 23.1 Å². The molecule has 0 unspecified atom stereocenters. The van der Waals surface area contributed by atoms with Gasteiger partial charge in [-0.2, -0.15) is 0 Å². The molecule has 0 saturated carbocycles. The van der Waals surface area contributed by atoms with E-state index in [-0.39, 0.29) is 12.2 Å². The van der Waals surface area contributed by atoms with Crippen LogP contribution in [-0.2, 0) is 6.61 Å². The first-order valence-corrected chi connectivity index (χ1v) is 7.88. The molecule has 6 heteroatoms. The molecule has 0 aliphatic heterocycles. The van der Waals surface area contributed by atoms with Crippen molar-refractivity contribution in [3.05, 3.63) is 83.9 Å². The van der Waals surface area contributed by atoms with Crippen molar-refractivity contribution in [2.45, 2.75) is 6.61 Å². The minimum atomic E-state index is -0.506. The highest BCUT2D eigenvalue weighted by Gasteiger charge is 2.05. The predicted octanol–water partition coefficient (Wildman–Crippen LogP) is 4.96. The normalized spacial score (nSPS) is 10.3. The van der Waals surface area contributed by atoms with Crippen molar-refractivity contribution in [3.63, 3.8) is 0 Å². The van der Waals surface area contributed by atoms with Crippen LogP contribution in [0.2, 0.25) is 0 Å². The lowest BCUT2D eigenvalue weighted by atomic mass is 10.2. The average Bonchev–Trinajstić information content (AvgIpc) is 2.68. The van der Waals surface area contributed by atoms with Crippen LogP contribution < -0.4 is 19.8 Å². The number of ether oxygens (including phenoxy) is 2. The van der Waals surface area contributed by atoms with Crippen LogP contribution in [0.3, 0.4) is 0 Å². The summed E-state index contributed by atoms with van der Waals surface area (Å²) in [6.45, 7) is -0.0636. The highest BCUT2D eigenvalue weighted by molar-refractivity contribution is 5.47. The number of halogens is 2. The fourth-order valence-electron chi connectivity index (χ4n) is 2.22. The Labute approximate surface area is 149 Å². The summed E-state index contributed by atoms with van der Waals surface area (Å²) >= 11 is 0. The van der Waals surface area contributed by atoms with Crippen LogP contribution in [0.15, 0.2) is 66.7 Å². The zero-order chi connectivity index (χ0) is 18.4. The van der Waals surface area contributed by atoms with E-state index in [1.165, 1.54) is 0 Å². The first-order chi connectivity index (χ1) is 12.6. The van der Waals surface area contributed by atoms with E-state index >= 15 is 0 Å². The summed E-state index contributed by atoms with van der Waals surface area (Å²) in [4.78, 5) is 5.47. The highest BCUT2D eigenvalue weighted by atomic mass is 19.1. The average molecular weight is 357 g/mol. The van der Waals surface area contributed by atoms with Crippen molar-refractivity contribution in [2.24, 2.45) is 0 Å². The van der Waals surface area contributed by atoms with Crippen molar-refractivity contribution in [1.82, 2.24) is 0 Å². The SMILES string of the molecule is COc1cccc(NOc2ccc(OCc3cc(F)ccc3F)cc2)c1. The van der Waals surface area contributed by atoms with Gasteiger partial charge in [0, 0.05) is 11.6 Å². The van der Waals surface area contributed by atoms with Crippen molar-refractivity contribution >= 4 is 5.69 Å². The summed E-state index contributed by atoms with van der Waals surface area (Å²) in [5.74, 6) is 0.789. The van der Waals surface area contributed by atoms with Gasteiger partial charge >= 0.3 is 0 Å². The number of benzene rings is 3. The molecule has 134 valence electrons. The van der Waals surface area contributed by atoms with E-state index in [0.717, 1.165) is 23.9 Å². The standard InChI is InChI=1S/C20H17F2NO3/c1-24-19-4-2-3-16(12-19)23-26-18-8-6-17(7-9-18)25-13-14-11-15(21)5-10-20(14)22/h2-12,23H,13H2,1H3. The third-order valence-electron chi connectivity index (χ3n) is 3.58. The minimum absolute atomic E-state index is 0.0636. The van der Waals surface area contributed by atoms with Gasteiger partial charge in [-0.15, -0.1) is 0 Å². The third-order valence-corrected chi connectivity index (χ3v) is 3.58. The zero-order valence-corrected chi connectivity index (χ0v) is 14.0. The van der Waals surface area contributed by atoms with Gasteiger partial charge in [0.2, 0.25) is 0 Å². The molecule has 4 nitrogen and oxygen atoms in total. The van der Waals surface area contributed by atoms with Crippen LogP contribution in [0.25, 0.3) is 0 Å². The molecule has 0 aliphatic rings. The predicted molar refractivity (Wildman–Crippen MR) is 94.4 cm³/mol. The van der Waals surface area contributed by atoms with Crippen molar-refractivity contribution in [1.29, 1.82) is 0 Å². The Morgan fingerprint density at radius 2 is 1.62 bits per heavy atom. The molecular formula is C20H17F2NO3. The van der Waals surface area contributed by atoms with E-state index in [1.807, 2.05) is 18.2 Å². The molecule has 3 aromatic rings. The minimum Gasteiger partial charge on any atom is -0.497 e. The maximum absolute atomic E-state index is 13.6. The van der Waals surface area contributed by atoms with Crippen LogP contribution in [0.1, 0.15) is 5.56 Å². The number of nitrogens with one attached hydrogen (secondary N) is 1. The molecule has 0 aliphatic carbocycles. The number of anilines is 1. The van der Waals surface area contributed by atoms with Gasteiger partial charge in [-0.3, -0.25) is 0 Å². The molecule has 0 atom stereocenters. The van der Waals surface area contributed by atoms with E-state index in [1.54, 1.807) is 37.4 Å². The molecule has 0 aromatic heterocycles. The van der Waals surface area contributed by atoms with Gasteiger partial charge in [0.1, 0.15) is 29.7 Å². The summed E-state index contributed by atoms with van der Waals surface area (Å²) in [6.07, 6.45) is 0. The second-order valence-corrected chi connectivity index (χ2v) is 5.43. The van der Waals surface area contributed by atoms with E-state index in [2.05, 4.69) is 5.48 Å². The number of rotatable bonds is 7. The van der Waals surface area contributed by atoms with Crippen molar-refractivity contribution in [3.8, 4) is 17.2 Å². The highest BCUT2D eigenvalue weighted by Crippen LogP contribution is 2.21. The molecule has 0 saturated heterocycles. The molecular weight excluding hydrogens is 340 g/mol. The zero-order valence-electron chi connectivity index (χ0n) is 14.0. The van der Waals surface area contributed by atoms with Gasteiger partial charge in [-0.25, -0.2) is 14.3 Å². The Hall–Kier alpha value is -3.28. The Balaban J connectivity index is 1.55. The molecule has 0 amide bonds. The van der Waals surface area contributed by atoms with Gasteiger partial charge in [0.15, 0.2) is 5.75 Å². The molecule has 0 fully saturated rings. The quantitative estimate of drug-likeness (QED) is 0.607. The van der Waals surface area contributed by atoms with Gasteiger partial charge < -0.3 is 14.3 Å². The third kappa shape index (κ3) is 4.63. The number of methoxy groups -OCH3 is 1. The van der Waals surface area contributed by atoms with E-state index in [9.17, 15) is 8.78 Å². The Bertz CT molecular complexity index is 869. The molecule has 3 aromatic carbocycles. The van der Waals surface area contributed by atoms with Gasteiger partial charge in [0.05, 0.1) is 12.8 Å². The second-order valence-electron chi connectivity index (χ2n) is 5.43. The Kier molecular flexibility index (Phi) is 5.53. The fraction of sp³-hybridized carbons (Fsp3) is 0.100. The van der Waals surface area contributed by atoms with E-state index < -0.39 is 11.6 Å². The molecule has 0 radical (unpaired) electrons. The summed E-state index contributed by atoms with van der Waals surface area (Å²) < 4.78 is 37.3. The summed E-state index contributed by atoms with van der Waals surface area (Å²) in [5, 5.41) is 0. The first kappa shape index (κ1) is 17.5.